The Bertz CT molecular complexity index is 2060. The van der Waals surface area contributed by atoms with Crippen molar-refractivity contribution in [3.8, 4) is 5.75 Å². The number of esters is 7. The van der Waals surface area contributed by atoms with E-state index in [0.717, 1.165) is 46.1 Å². The highest BCUT2D eigenvalue weighted by Gasteiger charge is 2.21. The third-order valence-corrected chi connectivity index (χ3v) is 9.10. The molecule has 0 radical (unpaired) electrons. The van der Waals surface area contributed by atoms with Crippen LogP contribution in [0.5, 0.6) is 5.75 Å². The Kier molecular flexibility index (Phi) is 17.4. The van der Waals surface area contributed by atoms with Crippen molar-refractivity contribution >= 4 is 79.3 Å². The van der Waals surface area contributed by atoms with Crippen LogP contribution in [0.2, 0.25) is 0 Å². The van der Waals surface area contributed by atoms with Crippen molar-refractivity contribution in [2.45, 2.75) is 51.4 Å². The lowest BCUT2D eigenvalue weighted by atomic mass is 9.98. The number of carbonyl (C=O) groups excluding carboxylic acids is 7. The molecule has 4 rings (SSSR count). The van der Waals surface area contributed by atoms with Gasteiger partial charge in [0.1, 0.15) is 19.0 Å². The summed E-state index contributed by atoms with van der Waals surface area (Å²) >= 11 is 3.37. The average molecular weight is 852 g/mol. The van der Waals surface area contributed by atoms with E-state index in [1.807, 2.05) is 36.4 Å². The molecule has 0 amide bonds. The second kappa shape index (κ2) is 22.7. The summed E-state index contributed by atoms with van der Waals surface area (Å²) in [6.45, 7) is -0.506. The second-order valence-corrected chi connectivity index (χ2v) is 13.6. The van der Waals surface area contributed by atoms with Crippen LogP contribution in [0.25, 0.3) is 21.5 Å². The molecule has 2 unspecified atom stereocenters. The minimum absolute atomic E-state index is 0.299. The van der Waals surface area contributed by atoms with E-state index in [0.29, 0.717) is 23.3 Å². The van der Waals surface area contributed by atoms with Crippen molar-refractivity contribution in [1.82, 2.24) is 0 Å². The third-order valence-electron chi connectivity index (χ3n) is 8.54. The topological polar surface area (TPSA) is 184 Å². The lowest BCUT2D eigenvalue weighted by molar-refractivity contribution is -0.168. The molecule has 0 saturated carbocycles. The first kappa shape index (κ1) is 43.9. The largest absolute Gasteiger partial charge is 0.460 e. The fraction of sp³-hybridized carbons (Fsp3) is 0.357. The Balaban J connectivity index is 1.05. The minimum atomic E-state index is -0.988. The highest BCUT2D eigenvalue weighted by Crippen LogP contribution is 2.27. The van der Waals surface area contributed by atoms with E-state index < -0.39 is 74.1 Å². The Morgan fingerprint density at radius 3 is 1.51 bits per heavy atom. The molecule has 0 fully saturated rings. The Labute approximate surface area is 337 Å². The molecule has 302 valence electrons. The fourth-order valence-corrected chi connectivity index (χ4v) is 5.71. The fourth-order valence-electron chi connectivity index (χ4n) is 5.31. The average Bonchev–Trinajstić information content (AvgIpc) is 3.22. The summed E-state index contributed by atoms with van der Waals surface area (Å²) in [6, 6.07) is 23.7. The number of fused-ring (bicyclic) bond motifs is 2. The molecule has 15 heteroatoms. The van der Waals surface area contributed by atoms with E-state index >= 15 is 0 Å². The first-order valence-electron chi connectivity index (χ1n) is 18.2. The summed E-state index contributed by atoms with van der Waals surface area (Å²) in [5, 5.41) is 4.48. The lowest BCUT2D eigenvalue weighted by Crippen LogP contribution is -2.25. The zero-order valence-corrected chi connectivity index (χ0v) is 33.1. The number of unbranched alkanes of at least 4 members (excludes halogenated alkanes) is 2. The van der Waals surface area contributed by atoms with Gasteiger partial charge in [-0.2, -0.15) is 0 Å². The SMILES string of the molecule is CC(C(=O)OCC(=O)OCC(=O)OCCOC(=O)COC(=O)COC(=O)C(C)c1ccc2cc(OC(=O)CCCCCBr)ccc2c1)c1ccc2ccccc2c1. The molecule has 0 heterocycles. The zero-order valence-electron chi connectivity index (χ0n) is 31.5. The van der Waals surface area contributed by atoms with Gasteiger partial charge in [0, 0.05) is 11.8 Å². The van der Waals surface area contributed by atoms with Gasteiger partial charge < -0.3 is 33.2 Å². The van der Waals surface area contributed by atoms with Crippen LogP contribution in [-0.4, -0.2) is 86.8 Å². The van der Waals surface area contributed by atoms with Gasteiger partial charge in [0.2, 0.25) is 0 Å². The molecule has 4 aromatic rings. The molecule has 4 aromatic carbocycles. The van der Waals surface area contributed by atoms with Gasteiger partial charge in [0.25, 0.3) is 0 Å². The van der Waals surface area contributed by atoms with E-state index in [1.165, 1.54) is 0 Å². The highest BCUT2D eigenvalue weighted by molar-refractivity contribution is 9.09. The van der Waals surface area contributed by atoms with Crippen molar-refractivity contribution in [1.29, 1.82) is 0 Å². The maximum absolute atomic E-state index is 12.6. The number of rotatable bonds is 21. The molecular formula is C42H43BrO14. The Morgan fingerprint density at radius 2 is 0.947 bits per heavy atom. The summed E-state index contributed by atoms with van der Waals surface area (Å²) < 4.78 is 34.7. The molecule has 0 N–H and O–H groups in total. The van der Waals surface area contributed by atoms with Crippen LogP contribution in [0.15, 0.2) is 78.9 Å². The summed E-state index contributed by atoms with van der Waals surface area (Å²) in [5.74, 6) is -6.44. The van der Waals surface area contributed by atoms with Crippen LogP contribution in [0.4, 0.5) is 0 Å². The van der Waals surface area contributed by atoms with Gasteiger partial charge in [0.05, 0.1) is 11.8 Å². The number of hydrogen-bond donors (Lipinski definition) is 0. The maximum Gasteiger partial charge on any atom is 0.344 e. The number of alkyl halides is 1. The monoisotopic (exact) mass is 850 g/mol. The third kappa shape index (κ3) is 14.6. The first-order chi connectivity index (χ1) is 27.4. The molecule has 0 aliphatic heterocycles. The van der Waals surface area contributed by atoms with Crippen molar-refractivity contribution in [3.05, 3.63) is 90.0 Å². The van der Waals surface area contributed by atoms with Crippen LogP contribution in [0.1, 0.15) is 62.5 Å². The summed E-state index contributed by atoms with van der Waals surface area (Å²) in [6.07, 6.45) is 3.02. The molecule has 0 aliphatic carbocycles. The normalized spacial score (nSPS) is 11.8. The first-order valence-corrected chi connectivity index (χ1v) is 19.3. The molecule has 0 aliphatic rings. The van der Waals surface area contributed by atoms with Crippen LogP contribution < -0.4 is 4.74 Å². The zero-order chi connectivity index (χ0) is 41.2. The smallest absolute Gasteiger partial charge is 0.344 e. The molecule has 0 saturated heterocycles. The Morgan fingerprint density at radius 1 is 0.491 bits per heavy atom. The number of hydrogen-bond acceptors (Lipinski definition) is 14. The van der Waals surface area contributed by atoms with Gasteiger partial charge in [-0.25, -0.2) is 19.2 Å². The van der Waals surface area contributed by atoms with Crippen LogP contribution in [0.3, 0.4) is 0 Å². The summed E-state index contributed by atoms with van der Waals surface area (Å²) in [4.78, 5) is 85.0. The molecule has 14 nitrogen and oxygen atoms in total. The lowest BCUT2D eigenvalue weighted by Gasteiger charge is -2.13. The van der Waals surface area contributed by atoms with E-state index in [9.17, 15) is 33.6 Å². The molecule has 0 bridgehead atoms. The van der Waals surface area contributed by atoms with Crippen molar-refractivity contribution in [2.75, 3.05) is 45.0 Å². The molecule has 57 heavy (non-hydrogen) atoms. The van der Waals surface area contributed by atoms with Gasteiger partial charge in [-0.15, -0.1) is 0 Å². The second-order valence-electron chi connectivity index (χ2n) is 12.8. The predicted octanol–water partition coefficient (Wildman–Crippen LogP) is 6.02. The van der Waals surface area contributed by atoms with E-state index in [1.54, 1.807) is 56.3 Å². The molecule has 0 aromatic heterocycles. The van der Waals surface area contributed by atoms with E-state index in [2.05, 4.69) is 15.9 Å². The van der Waals surface area contributed by atoms with Gasteiger partial charge in [-0.05, 0) is 71.5 Å². The standard InChI is InChI=1S/C42H43BrO14/c1-27(30-12-11-29-8-5-6-9-32(29)20-30)41(49)55-25-39(47)53-23-37(45)51-18-19-52-38(46)24-54-40(48)26-56-42(50)28(2)31-13-14-34-22-35(16-15-33(34)21-31)57-36(44)10-4-3-7-17-43/h5-6,8-9,11-16,20-22,27-28H,3-4,7,10,17-19,23-26H2,1-2H3. The number of carbonyl (C=O) groups is 7. The Hall–Kier alpha value is -5.83. The number of ether oxygens (including phenoxy) is 7. The van der Waals surface area contributed by atoms with Crippen LogP contribution in [0, 0.1) is 0 Å². The maximum atomic E-state index is 12.6. The van der Waals surface area contributed by atoms with Gasteiger partial charge in [-0.1, -0.05) is 89.1 Å². The number of benzene rings is 4. The summed E-state index contributed by atoms with van der Waals surface area (Å²) in [7, 11) is 0. The van der Waals surface area contributed by atoms with Gasteiger partial charge in [0.15, 0.2) is 26.4 Å². The van der Waals surface area contributed by atoms with Crippen molar-refractivity contribution in [2.24, 2.45) is 0 Å². The minimum Gasteiger partial charge on any atom is -0.460 e. The molecule has 2 atom stereocenters. The van der Waals surface area contributed by atoms with Gasteiger partial charge in [-0.3, -0.25) is 14.4 Å². The highest BCUT2D eigenvalue weighted by atomic mass is 79.9. The molecular weight excluding hydrogens is 808 g/mol. The van der Waals surface area contributed by atoms with Crippen LogP contribution >= 0.6 is 15.9 Å². The van der Waals surface area contributed by atoms with Crippen LogP contribution in [-0.2, 0) is 62.0 Å². The van der Waals surface area contributed by atoms with Gasteiger partial charge >= 0.3 is 41.8 Å². The van der Waals surface area contributed by atoms with Crippen molar-refractivity contribution in [3.63, 3.8) is 0 Å². The summed E-state index contributed by atoms with van der Waals surface area (Å²) in [5.41, 5.74) is 1.34. The van der Waals surface area contributed by atoms with E-state index in [4.69, 9.17) is 33.2 Å². The van der Waals surface area contributed by atoms with E-state index in [-0.39, 0.29) is 19.2 Å². The number of halogens is 1. The predicted molar refractivity (Wildman–Crippen MR) is 208 cm³/mol. The quantitative estimate of drug-likeness (QED) is 0.0312. The van der Waals surface area contributed by atoms with Crippen molar-refractivity contribution < 1.29 is 66.7 Å². The molecule has 0 spiro atoms.